The Morgan fingerprint density at radius 2 is 1.84 bits per heavy atom. The molecule has 2 amide bonds. The number of thiophene rings is 1. The molecular formula is C13H11FN2O2S. The molecule has 19 heavy (non-hydrogen) atoms. The molecule has 0 fully saturated rings. The second kappa shape index (κ2) is 6.10. The molecule has 0 atom stereocenters. The van der Waals surface area contributed by atoms with Gasteiger partial charge >= 0.3 is 11.8 Å². The van der Waals surface area contributed by atoms with Crippen LogP contribution >= 0.6 is 11.3 Å². The van der Waals surface area contributed by atoms with E-state index in [1.165, 1.54) is 35.6 Å². The van der Waals surface area contributed by atoms with E-state index in [0.717, 1.165) is 5.56 Å². The summed E-state index contributed by atoms with van der Waals surface area (Å²) in [4.78, 5) is 23.1. The largest absolute Gasteiger partial charge is 0.344 e. The van der Waals surface area contributed by atoms with Crippen LogP contribution in [0.4, 0.5) is 10.1 Å². The SMILES string of the molecule is O=C(NCc1ccsc1)C(=O)Nc1ccc(F)cc1. The van der Waals surface area contributed by atoms with Gasteiger partial charge in [0.25, 0.3) is 0 Å². The number of halogens is 1. The Kier molecular flexibility index (Phi) is 4.25. The number of nitrogens with one attached hydrogen (secondary N) is 2. The Morgan fingerprint density at radius 3 is 2.47 bits per heavy atom. The summed E-state index contributed by atoms with van der Waals surface area (Å²) in [5, 5.41) is 8.66. The summed E-state index contributed by atoms with van der Waals surface area (Å²) < 4.78 is 12.7. The maximum atomic E-state index is 12.7. The van der Waals surface area contributed by atoms with E-state index in [1.54, 1.807) is 0 Å². The van der Waals surface area contributed by atoms with E-state index >= 15 is 0 Å². The number of amides is 2. The van der Waals surface area contributed by atoms with Gasteiger partial charge in [-0.2, -0.15) is 11.3 Å². The molecule has 98 valence electrons. The topological polar surface area (TPSA) is 58.2 Å². The fourth-order valence-corrected chi connectivity index (χ4v) is 2.05. The lowest BCUT2D eigenvalue weighted by atomic mass is 10.3. The van der Waals surface area contributed by atoms with Crippen LogP contribution in [-0.2, 0) is 16.1 Å². The van der Waals surface area contributed by atoms with Gasteiger partial charge in [-0.05, 0) is 46.7 Å². The van der Waals surface area contributed by atoms with Gasteiger partial charge < -0.3 is 10.6 Å². The maximum Gasteiger partial charge on any atom is 0.313 e. The Morgan fingerprint density at radius 1 is 1.11 bits per heavy atom. The standard InChI is InChI=1S/C13H11FN2O2S/c14-10-1-3-11(4-2-10)16-13(18)12(17)15-7-9-5-6-19-8-9/h1-6,8H,7H2,(H,15,17)(H,16,18). The number of carbonyl (C=O) groups excluding carboxylic acids is 2. The number of benzene rings is 1. The van der Waals surface area contributed by atoms with E-state index in [4.69, 9.17) is 0 Å². The van der Waals surface area contributed by atoms with Gasteiger partial charge in [-0.15, -0.1) is 0 Å². The Labute approximate surface area is 113 Å². The normalized spacial score (nSPS) is 9.95. The summed E-state index contributed by atoms with van der Waals surface area (Å²) >= 11 is 1.52. The molecule has 1 aromatic heterocycles. The molecule has 0 aliphatic rings. The van der Waals surface area contributed by atoms with Gasteiger partial charge in [-0.1, -0.05) is 0 Å². The lowest BCUT2D eigenvalue weighted by molar-refractivity contribution is -0.136. The third-order valence-electron chi connectivity index (χ3n) is 2.34. The first-order chi connectivity index (χ1) is 9.15. The highest BCUT2D eigenvalue weighted by Crippen LogP contribution is 2.08. The van der Waals surface area contributed by atoms with E-state index in [9.17, 15) is 14.0 Å². The summed E-state index contributed by atoms with van der Waals surface area (Å²) in [6, 6.07) is 7.05. The number of carbonyl (C=O) groups is 2. The van der Waals surface area contributed by atoms with Crippen molar-refractivity contribution in [3.05, 3.63) is 52.5 Å². The van der Waals surface area contributed by atoms with Crippen molar-refractivity contribution in [1.82, 2.24) is 5.32 Å². The van der Waals surface area contributed by atoms with Gasteiger partial charge in [0.2, 0.25) is 0 Å². The minimum Gasteiger partial charge on any atom is -0.344 e. The highest BCUT2D eigenvalue weighted by molar-refractivity contribution is 7.07. The van der Waals surface area contributed by atoms with Gasteiger partial charge in [-0.3, -0.25) is 9.59 Å². The number of anilines is 1. The molecule has 0 saturated carbocycles. The molecule has 6 heteroatoms. The van der Waals surface area contributed by atoms with Crippen molar-refractivity contribution in [3.63, 3.8) is 0 Å². The number of hydrogen-bond donors (Lipinski definition) is 2. The highest BCUT2D eigenvalue weighted by Gasteiger charge is 2.13. The Balaban J connectivity index is 1.85. The first-order valence-corrected chi connectivity index (χ1v) is 6.45. The molecule has 2 N–H and O–H groups in total. The van der Waals surface area contributed by atoms with Gasteiger partial charge in [0.1, 0.15) is 5.82 Å². The Hall–Kier alpha value is -2.21. The molecule has 0 aliphatic heterocycles. The molecule has 1 aromatic carbocycles. The molecule has 0 radical (unpaired) electrons. The van der Waals surface area contributed by atoms with Gasteiger partial charge in [0, 0.05) is 12.2 Å². The van der Waals surface area contributed by atoms with Crippen LogP contribution in [0.25, 0.3) is 0 Å². The zero-order chi connectivity index (χ0) is 13.7. The average molecular weight is 278 g/mol. The summed E-state index contributed by atoms with van der Waals surface area (Å²) in [5.41, 5.74) is 1.31. The monoisotopic (exact) mass is 278 g/mol. The fourth-order valence-electron chi connectivity index (χ4n) is 1.38. The van der Waals surface area contributed by atoms with Crippen LogP contribution in [0.5, 0.6) is 0 Å². The molecule has 2 aromatic rings. The number of hydrogen-bond acceptors (Lipinski definition) is 3. The fraction of sp³-hybridized carbons (Fsp3) is 0.0769. The highest BCUT2D eigenvalue weighted by atomic mass is 32.1. The van der Waals surface area contributed by atoms with E-state index in [2.05, 4.69) is 10.6 Å². The Bertz CT molecular complexity index is 567. The van der Waals surface area contributed by atoms with Crippen molar-refractivity contribution < 1.29 is 14.0 Å². The second-order valence-electron chi connectivity index (χ2n) is 3.78. The smallest absolute Gasteiger partial charge is 0.313 e. The predicted octanol–water partition coefficient (Wildman–Crippen LogP) is 2.14. The molecule has 4 nitrogen and oxygen atoms in total. The van der Waals surface area contributed by atoms with Crippen LogP contribution < -0.4 is 10.6 Å². The molecule has 0 saturated heterocycles. The summed E-state index contributed by atoms with van der Waals surface area (Å²) in [6.45, 7) is 0.305. The van der Waals surface area contributed by atoms with Crippen molar-refractivity contribution in [2.75, 3.05) is 5.32 Å². The quantitative estimate of drug-likeness (QED) is 0.845. The van der Waals surface area contributed by atoms with E-state index in [0.29, 0.717) is 12.2 Å². The van der Waals surface area contributed by atoms with Gasteiger partial charge in [0.15, 0.2) is 0 Å². The third kappa shape index (κ3) is 3.89. The molecule has 1 heterocycles. The molecule has 0 spiro atoms. The van der Waals surface area contributed by atoms with E-state index < -0.39 is 17.6 Å². The molecule has 2 rings (SSSR count). The van der Waals surface area contributed by atoms with Crippen LogP contribution in [0.1, 0.15) is 5.56 Å². The zero-order valence-corrected chi connectivity index (χ0v) is 10.7. The summed E-state index contributed by atoms with van der Waals surface area (Å²) in [7, 11) is 0. The number of rotatable bonds is 3. The van der Waals surface area contributed by atoms with Gasteiger partial charge in [-0.25, -0.2) is 4.39 Å². The van der Waals surface area contributed by atoms with Crippen molar-refractivity contribution >= 4 is 28.8 Å². The van der Waals surface area contributed by atoms with Crippen molar-refractivity contribution in [3.8, 4) is 0 Å². The predicted molar refractivity (Wildman–Crippen MR) is 71.2 cm³/mol. The first kappa shape index (κ1) is 13.2. The maximum absolute atomic E-state index is 12.7. The van der Waals surface area contributed by atoms with Crippen molar-refractivity contribution in [1.29, 1.82) is 0 Å². The molecule has 0 aliphatic carbocycles. The minimum atomic E-state index is -0.776. The van der Waals surface area contributed by atoms with Crippen LogP contribution in [0.15, 0.2) is 41.1 Å². The summed E-state index contributed by atoms with van der Waals surface area (Å²) in [6.07, 6.45) is 0. The van der Waals surface area contributed by atoms with E-state index in [1.807, 2.05) is 16.8 Å². The van der Waals surface area contributed by atoms with E-state index in [-0.39, 0.29) is 0 Å². The first-order valence-electron chi connectivity index (χ1n) is 5.51. The lowest BCUT2D eigenvalue weighted by Gasteiger charge is -2.05. The third-order valence-corrected chi connectivity index (χ3v) is 3.07. The average Bonchev–Trinajstić information content (AvgIpc) is 2.91. The second-order valence-corrected chi connectivity index (χ2v) is 4.56. The molecule has 0 unspecified atom stereocenters. The van der Waals surface area contributed by atoms with Crippen LogP contribution in [0.2, 0.25) is 0 Å². The minimum absolute atomic E-state index is 0.305. The summed E-state index contributed by atoms with van der Waals surface area (Å²) in [5.74, 6) is -1.91. The van der Waals surface area contributed by atoms with Gasteiger partial charge in [0.05, 0.1) is 0 Å². The van der Waals surface area contributed by atoms with Crippen LogP contribution in [0, 0.1) is 5.82 Å². The molecule has 0 bridgehead atoms. The van der Waals surface area contributed by atoms with Crippen molar-refractivity contribution in [2.24, 2.45) is 0 Å². The van der Waals surface area contributed by atoms with Crippen LogP contribution in [-0.4, -0.2) is 11.8 Å². The molecular weight excluding hydrogens is 267 g/mol. The van der Waals surface area contributed by atoms with Crippen LogP contribution in [0.3, 0.4) is 0 Å². The van der Waals surface area contributed by atoms with Crippen molar-refractivity contribution in [2.45, 2.75) is 6.54 Å². The lowest BCUT2D eigenvalue weighted by Crippen LogP contribution is -2.34. The zero-order valence-electron chi connectivity index (χ0n) is 9.85.